The third-order valence-corrected chi connectivity index (χ3v) is 10.8. The van der Waals surface area contributed by atoms with E-state index in [1.54, 1.807) is 0 Å². The Morgan fingerprint density at radius 1 is 0.568 bits per heavy atom. The number of hydrogen-bond acceptors (Lipinski definition) is 8. The highest BCUT2D eigenvalue weighted by Crippen LogP contribution is 2.31. The number of piperidine rings is 1. The number of likely N-dealkylation sites (tertiary alicyclic amines) is 2. The molecule has 4 aliphatic heterocycles. The maximum absolute atomic E-state index is 6.56. The normalized spacial score (nSPS) is 24.7. The smallest absolute Gasteiger partial charge is 0.0644 e. The molecule has 0 spiro atoms. The van der Waals surface area contributed by atoms with Crippen LogP contribution in [0.25, 0.3) is 0 Å². The molecular weight excluding hydrogens is 548 g/mol. The first-order valence-corrected chi connectivity index (χ1v) is 18.2. The van der Waals surface area contributed by atoms with Gasteiger partial charge < -0.3 is 24.2 Å². The van der Waals surface area contributed by atoms with Crippen molar-refractivity contribution in [3.8, 4) is 0 Å². The predicted octanol–water partition coefficient (Wildman–Crippen LogP) is 4.20. The molecule has 0 aromatic rings. The molecule has 258 valence electrons. The van der Waals surface area contributed by atoms with Gasteiger partial charge in [0.15, 0.2) is 0 Å². The van der Waals surface area contributed by atoms with Gasteiger partial charge in [0.05, 0.1) is 24.4 Å². The summed E-state index contributed by atoms with van der Waals surface area (Å²) in [6, 6.07) is 0.750. The van der Waals surface area contributed by atoms with Gasteiger partial charge in [-0.2, -0.15) is 0 Å². The Morgan fingerprint density at radius 2 is 1.11 bits per heavy atom. The molecule has 4 saturated heterocycles. The van der Waals surface area contributed by atoms with Gasteiger partial charge in [-0.15, -0.1) is 0 Å². The molecule has 8 nitrogen and oxygen atoms in total. The summed E-state index contributed by atoms with van der Waals surface area (Å²) < 4.78 is 12.5. The summed E-state index contributed by atoms with van der Waals surface area (Å²) >= 11 is 0. The van der Waals surface area contributed by atoms with Crippen LogP contribution in [-0.4, -0.2) is 169 Å². The number of hydrogen-bond donors (Lipinski definition) is 0. The molecule has 0 bridgehead atoms. The number of ether oxygens (including phenoxy) is 2. The molecule has 4 rings (SSSR count). The van der Waals surface area contributed by atoms with Crippen LogP contribution >= 0.6 is 0 Å². The maximum atomic E-state index is 6.56. The number of piperazine rings is 2. The first-order chi connectivity index (χ1) is 20.5. The molecule has 0 atom stereocenters. The lowest BCUT2D eigenvalue weighted by atomic mass is 9.87. The van der Waals surface area contributed by atoms with Gasteiger partial charge in [-0.1, -0.05) is 0 Å². The fourth-order valence-electron chi connectivity index (χ4n) is 8.28. The van der Waals surface area contributed by atoms with Crippen LogP contribution in [0.3, 0.4) is 0 Å². The van der Waals surface area contributed by atoms with Gasteiger partial charge in [-0.3, -0.25) is 14.7 Å². The van der Waals surface area contributed by atoms with Crippen molar-refractivity contribution in [3.63, 3.8) is 0 Å². The van der Waals surface area contributed by atoms with Gasteiger partial charge in [-0.05, 0) is 108 Å². The van der Waals surface area contributed by atoms with E-state index in [1.807, 2.05) is 0 Å². The molecule has 4 fully saturated rings. The van der Waals surface area contributed by atoms with E-state index in [1.165, 1.54) is 97.9 Å². The molecule has 0 saturated carbocycles. The summed E-state index contributed by atoms with van der Waals surface area (Å²) in [7, 11) is 0. The lowest BCUT2D eigenvalue weighted by molar-refractivity contribution is -0.0785. The van der Waals surface area contributed by atoms with Crippen molar-refractivity contribution in [1.29, 1.82) is 0 Å². The zero-order valence-corrected chi connectivity index (χ0v) is 30.8. The van der Waals surface area contributed by atoms with E-state index in [9.17, 15) is 0 Å². The largest absolute Gasteiger partial charge is 0.375 e. The second kappa shape index (κ2) is 15.3. The fraction of sp³-hybridized carbons (Fsp3) is 1.00. The van der Waals surface area contributed by atoms with Gasteiger partial charge >= 0.3 is 0 Å². The molecule has 0 N–H and O–H groups in total. The van der Waals surface area contributed by atoms with Crippen molar-refractivity contribution in [2.75, 3.05) is 111 Å². The third-order valence-electron chi connectivity index (χ3n) is 10.8. The molecule has 0 unspecified atom stereocenters. The Kier molecular flexibility index (Phi) is 12.7. The molecule has 0 amide bonds. The third kappa shape index (κ3) is 11.4. The van der Waals surface area contributed by atoms with Gasteiger partial charge in [0, 0.05) is 102 Å². The quantitative estimate of drug-likeness (QED) is 0.304. The van der Waals surface area contributed by atoms with E-state index < -0.39 is 0 Å². The van der Waals surface area contributed by atoms with Gasteiger partial charge in [0.2, 0.25) is 0 Å². The van der Waals surface area contributed by atoms with E-state index in [4.69, 9.17) is 9.47 Å². The van der Waals surface area contributed by atoms with Crippen LogP contribution in [0.5, 0.6) is 0 Å². The van der Waals surface area contributed by atoms with Crippen LogP contribution in [0.15, 0.2) is 0 Å². The summed E-state index contributed by atoms with van der Waals surface area (Å²) in [5.41, 5.74) is 0.303. The Morgan fingerprint density at radius 3 is 1.68 bits per heavy atom. The van der Waals surface area contributed by atoms with Crippen LogP contribution in [0.1, 0.15) is 88.5 Å². The van der Waals surface area contributed by atoms with Gasteiger partial charge in [-0.25, -0.2) is 0 Å². The molecule has 0 radical (unpaired) electrons. The highest BCUT2D eigenvalue weighted by atomic mass is 16.5. The van der Waals surface area contributed by atoms with Crippen LogP contribution in [0.4, 0.5) is 0 Å². The first-order valence-electron chi connectivity index (χ1n) is 18.2. The summed E-state index contributed by atoms with van der Waals surface area (Å²) in [6.07, 6.45) is 3.66. The Labute approximate surface area is 272 Å². The van der Waals surface area contributed by atoms with Gasteiger partial charge in [0.1, 0.15) is 0 Å². The average molecular weight is 621 g/mol. The lowest BCUT2D eigenvalue weighted by Crippen LogP contribution is -2.59. The summed E-state index contributed by atoms with van der Waals surface area (Å²) in [5, 5.41) is 0. The summed E-state index contributed by atoms with van der Waals surface area (Å²) in [4.78, 5) is 16.0. The molecule has 0 aliphatic carbocycles. The Bertz CT molecular complexity index is 838. The van der Waals surface area contributed by atoms with Crippen molar-refractivity contribution in [1.82, 2.24) is 29.4 Å². The highest BCUT2D eigenvalue weighted by Gasteiger charge is 2.38. The Balaban J connectivity index is 1.07. The van der Waals surface area contributed by atoms with Crippen LogP contribution in [-0.2, 0) is 9.47 Å². The number of rotatable bonds is 13. The minimum atomic E-state index is -0.110. The van der Waals surface area contributed by atoms with E-state index in [0.717, 1.165) is 44.7 Å². The zero-order valence-electron chi connectivity index (χ0n) is 30.8. The SMILES string of the molecule is CC(C)(C)OCCN1CCC(N2CCN(C(C)(C)CC(C)(C)OCCN3CC(CN4CCN(C(C)(C)C)CC4)C3)CC2)CC1. The second-order valence-electron chi connectivity index (χ2n) is 17.7. The minimum Gasteiger partial charge on any atom is -0.375 e. The van der Waals surface area contributed by atoms with Crippen molar-refractivity contribution < 1.29 is 9.47 Å². The molecule has 0 aromatic heterocycles. The number of nitrogens with zero attached hydrogens (tertiary/aromatic N) is 6. The van der Waals surface area contributed by atoms with Crippen molar-refractivity contribution in [2.45, 2.75) is 117 Å². The van der Waals surface area contributed by atoms with Crippen molar-refractivity contribution >= 4 is 0 Å². The first kappa shape index (κ1) is 36.5. The van der Waals surface area contributed by atoms with Crippen molar-refractivity contribution in [2.24, 2.45) is 5.92 Å². The second-order valence-corrected chi connectivity index (χ2v) is 17.7. The van der Waals surface area contributed by atoms with E-state index in [-0.39, 0.29) is 16.7 Å². The van der Waals surface area contributed by atoms with E-state index in [0.29, 0.717) is 5.54 Å². The fourth-order valence-corrected chi connectivity index (χ4v) is 8.28. The monoisotopic (exact) mass is 621 g/mol. The topological polar surface area (TPSA) is 37.9 Å². The summed E-state index contributed by atoms with van der Waals surface area (Å²) in [6.45, 7) is 42.6. The molecule has 44 heavy (non-hydrogen) atoms. The molecule has 4 heterocycles. The minimum absolute atomic E-state index is 0.0337. The summed E-state index contributed by atoms with van der Waals surface area (Å²) in [5.74, 6) is 0.836. The zero-order chi connectivity index (χ0) is 32.2. The van der Waals surface area contributed by atoms with Crippen molar-refractivity contribution in [3.05, 3.63) is 0 Å². The van der Waals surface area contributed by atoms with E-state index in [2.05, 4.69) is 98.6 Å². The van der Waals surface area contributed by atoms with Crippen LogP contribution in [0, 0.1) is 5.92 Å². The Hall–Kier alpha value is -0.320. The molecular formula is C36H72N6O2. The van der Waals surface area contributed by atoms with Gasteiger partial charge in [0.25, 0.3) is 0 Å². The van der Waals surface area contributed by atoms with Crippen LogP contribution < -0.4 is 0 Å². The lowest BCUT2D eigenvalue weighted by Gasteiger charge is -2.49. The van der Waals surface area contributed by atoms with Crippen LogP contribution in [0.2, 0.25) is 0 Å². The predicted molar refractivity (Wildman–Crippen MR) is 185 cm³/mol. The standard InChI is InChI=1S/C36H72N6O2/c1-33(2,3)41-19-15-38(16-20-41)27-31-28-39(29-31)24-26-44-36(9,10)30-35(7,8)42-21-17-40(18-22-42)32-11-13-37(14-12-32)23-25-43-34(4,5)6/h31-32H,11-30H2,1-10H3. The molecule has 8 heteroatoms. The molecule has 0 aromatic carbocycles. The molecule has 4 aliphatic rings. The van der Waals surface area contributed by atoms with E-state index >= 15 is 0 Å². The average Bonchev–Trinajstić information content (AvgIpc) is 2.90. The maximum Gasteiger partial charge on any atom is 0.0644 e. The highest BCUT2D eigenvalue weighted by molar-refractivity contribution is 4.93.